The van der Waals surface area contributed by atoms with Gasteiger partial charge in [-0.05, 0) is 59.1 Å². The third-order valence-electron chi connectivity index (χ3n) is 5.92. The second-order valence-electron chi connectivity index (χ2n) is 9.60. The average molecular weight is 702 g/mol. The molecule has 4 N–H and O–H groups in total. The summed E-state index contributed by atoms with van der Waals surface area (Å²) in [5.41, 5.74) is 6.18. The van der Waals surface area contributed by atoms with E-state index in [1.54, 1.807) is 121 Å². The fourth-order valence-corrected chi connectivity index (χ4v) is 6.73. The van der Waals surface area contributed by atoms with Crippen LogP contribution in [0.4, 0.5) is 0 Å². The van der Waals surface area contributed by atoms with Crippen molar-refractivity contribution in [3.8, 4) is 23.0 Å². The molecule has 12 heteroatoms. The van der Waals surface area contributed by atoms with E-state index in [1.165, 1.54) is 10.6 Å². The molecule has 0 radical (unpaired) electrons. The number of hydrogen-bond donors (Lipinski definition) is 3. The Kier molecular flexibility index (Phi) is 14.0. The summed E-state index contributed by atoms with van der Waals surface area (Å²) in [4.78, 5) is 19.1. The summed E-state index contributed by atoms with van der Waals surface area (Å²) in [6.07, 6.45) is 0. The summed E-state index contributed by atoms with van der Waals surface area (Å²) < 4.78 is 42.9. The van der Waals surface area contributed by atoms with Gasteiger partial charge in [0.05, 0.1) is 0 Å². The largest absolute Gasteiger partial charge is 0.584 e. The molecule has 6 aromatic carbocycles. The van der Waals surface area contributed by atoms with E-state index in [0.717, 1.165) is 0 Å². The lowest BCUT2D eigenvalue weighted by Gasteiger charge is -2.13. The Morgan fingerprint density at radius 1 is 0.375 bits per heavy atom. The van der Waals surface area contributed by atoms with Crippen LogP contribution in [-0.2, 0) is 9.13 Å². The molecule has 0 aliphatic rings. The smallest absolute Gasteiger partial charge is 0.395 e. The van der Waals surface area contributed by atoms with Crippen molar-refractivity contribution in [3.63, 3.8) is 0 Å². The zero-order chi connectivity index (χ0) is 34.1. The van der Waals surface area contributed by atoms with Crippen LogP contribution in [0, 0.1) is 0 Å². The van der Waals surface area contributed by atoms with Gasteiger partial charge in [0.2, 0.25) is 0 Å². The highest BCUT2D eigenvalue weighted by Gasteiger charge is 2.25. The number of nitrogens with two attached hydrogens (primary N) is 1. The highest BCUT2D eigenvalue weighted by molar-refractivity contribution is 7.70. The van der Waals surface area contributed by atoms with E-state index in [1.807, 2.05) is 36.4 Å². The number of phosphoric ester groups is 2. The van der Waals surface area contributed by atoms with Crippen LogP contribution in [0.5, 0.6) is 23.0 Å². The van der Waals surface area contributed by atoms with Crippen molar-refractivity contribution in [3.05, 3.63) is 182 Å². The number of hydrogen-bond acceptors (Lipinski definition) is 7. The third kappa shape index (κ3) is 13.2. The summed E-state index contributed by atoms with van der Waals surface area (Å²) in [7, 11) is -8.94. The lowest BCUT2D eigenvalue weighted by atomic mass is 10.3. The molecule has 0 unspecified atom stereocenters. The molecule has 0 aromatic heterocycles. The molecule has 6 aromatic rings. The molecular weight excluding hydrogens is 667 g/mol. The van der Waals surface area contributed by atoms with E-state index < -0.39 is 23.7 Å². The molecule has 9 nitrogen and oxygen atoms in total. The van der Waals surface area contributed by atoms with Crippen molar-refractivity contribution in [1.82, 2.24) is 0 Å². The summed E-state index contributed by atoms with van der Waals surface area (Å²) >= 11 is 0. The second-order valence-corrected chi connectivity index (χ2v) is 14.0. The van der Waals surface area contributed by atoms with Gasteiger partial charge < -0.3 is 23.6 Å². The molecule has 0 fully saturated rings. The molecule has 0 saturated heterocycles. The molecule has 0 aliphatic carbocycles. The van der Waals surface area contributed by atoms with E-state index in [-0.39, 0.29) is 23.0 Å². The average Bonchev–Trinajstić information content (AvgIpc) is 3.10. The Morgan fingerprint density at radius 3 is 0.771 bits per heavy atom. The molecule has 0 spiro atoms. The lowest BCUT2D eigenvalue weighted by molar-refractivity contribution is 0.289. The Hall–Kier alpha value is -4.71. The van der Waals surface area contributed by atoms with Gasteiger partial charge in [-0.1, -0.05) is 133 Å². The van der Waals surface area contributed by atoms with Gasteiger partial charge in [0.15, 0.2) is 0 Å². The third-order valence-corrected chi connectivity index (χ3v) is 9.40. The maximum absolute atomic E-state index is 11.7. The molecule has 48 heavy (non-hydrogen) atoms. The van der Waals surface area contributed by atoms with Crippen LogP contribution in [0.3, 0.4) is 0 Å². The maximum atomic E-state index is 11.7. The number of rotatable bonds is 10. The van der Waals surface area contributed by atoms with Crippen LogP contribution >= 0.6 is 23.7 Å². The highest BCUT2D eigenvalue weighted by atomic mass is 31.2. The summed E-state index contributed by atoms with van der Waals surface area (Å²) in [6.45, 7) is 0. The zero-order valence-corrected chi connectivity index (χ0v) is 28.3. The summed E-state index contributed by atoms with van der Waals surface area (Å²) in [6, 6.07) is 53.9. The summed E-state index contributed by atoms with van der Waals surface area (Å²) in [5, 5.41) is 2.43. The Balaban J connectivity index is 0.000000163. The van der Waals surface area contributed by atoms with Gasteiger partial charge in [0, 0.05) is 8.07 Å². The zero-order valence-electron chi connectivity index (χ0n) is 25.6. The van der Waals surface area contributed by atoms with Crippen molar-refractivity contribution in [2.75, 3.05) is 0 Å². The predicted octanol–water partition coefficient (Wildman–Crippen LogP) is 8.48. The SMILES string of the molecule is NP(c1ccccc1)c1ccccc1.O=P(O)(Oc1ccccc1)Oc1ccccc1.O=P(O)(Oc1ccccc1)Oc1ccccc1. The lowest BCUT2D eigenvalue weighted by Crippen LogP contribution is -2.16. The van der Waals surface area contributed by atoms with Crippen molar-refractivity contribution in [2.45, 2.75) is 0 Å². The van der Waals surface area contributed by atoms with E-state index in [9.17, 15) is 18.9 Å². The molecular formula is C36H34NO8P3. The van der Waals surface area contributed by atoms with Crippen molar-refractivity contribution in [2.24, 2.45) is 5.50 Å². The van der Waals surface area contributed by atoms with Crippen LogP contribution in [0.1, 0.15) is 0 Å². The van der Waals surface area contributed by atoms with Crippen molar-refractivity contribution < 1.29 is 37.0 Å². The molecule has 0 amide bonds. The van der Waals surface area contributed by atoms with Gasteiger partial charge in [0.1, 0.15) is 23.0 Å². The number of para-hydroxylation sites is 4. The van der Waals surface area contributed by atoms with Crippen LogP contribution < -0.4 is 34.2 Å². The first kappa shape index (κ1) is 36.1. The topological polar surface area (TPSA) is 138 Å². The molecule has 0 bridgehead atoms. The van der Waals surface area contributed by atoms with Crippen molar-refractivity contribution in [1.29, 1.82) is 0 Å². The van der Waals surface area contributed by atoms with Crippen LogP contribution in [0.25, 0.3) is 0 Å². The van der Waals surface area contributed by atoms with Gasteiger partial charge in [-0.25, -0.2) is 9.13 Å². The van der Waals surface area contributed by atoms with Gasteiger partial charge in [-0.2, -0.15) is 0 Å². The van der Waals surface area contributed by atoms with E-state index >= 15 is 0 Å². The van der Waals surface area contributed by atoms with Gasteiger partial charge in [0.25, 0.3) is 0 Å². The molecule has 0 heterocycles. The minimum absolute atomic E-state index is 0.286. The fraction of sp³-hybridized carbons (Fsp3) is 0. The normalized spacial score (nSPS) is 10.8. The first-order valence-corrected chi connectivity index (χ1v) is 18.9. The Labute approximate surface area is 281 Å². The van der Waals surface area contributed by atoms with E-state index in [2.05, 4.69) is 24.3 Å². The molecule has 0 saturated carbocycles. The molecule has 0 atom stereocenters. The van der Waals surface area contributed by atoms with Crippen molar-refractivity contribution >= 4 is 34.3 Å². The molecule has 246 valence electrons. The van der Waals surface area contributed by atoms with E-state index in [0.29, 0.717) is 0 Å². The standard InChI is InChI=1S/C12H12NP.2C12H11O4P/c13-14(11-7-3-1-4-8-11)12-9-5-2-6-10-12;2*13-17(14,15-11-7-3-1-4-8-11)16-12-9-5-2-6-10-12/h1-10H,13H2;2*1-10H,(H,13,14). The predicted molar refractivity (Wildman–Crippen MR) is 191 cm³/mol. The minimum atomic E-state index is -4.14. The van der Waals surface area contributed by atoms with Gasteiger partial charge >= 0.3 is 15.6 Å². The first-order valence-electron chi connectivity index (χ1n) is 14.5. The monoisotopic (exact) mass is 701 g/mol. The molecule has 0 aliphatic heterocycles. The van der Waals surface area contributed by atoms with Crippen LogP contribution in [0.2, 0.25) is 0 Å². The second kappa shape index (κ2) is 18.6. The quantitative estimate of drug-likeness (QED) is 0.120. The van der Waals surface area contributed by atoms with Gasteiger partial charge in [-0.15, -0.1) is 0 Å². The highest BCUT2D eigenvalue weighted by Crippen LogP contribution is 2.45. The van der Waals surface area contributed by atoms with Crippen LogP contribution in [0.15, 0.2) is 182 Å². The first-order chi connectivity index (χ1) is 23.2. The Bertz CT molecular complexity index is 1630. The fourth-order valence-electron chi connectivity index (χ4n) is 3.82. The van der Waals surface area contributed by atoms with Gasteiger partial charge in [-0.3, -0.25) is 9.79 Å². The molecule has 6 rings (SSSR count). The Morgan fingerprint density at radius 2 is 0.562 bits per heavy atom. The van der Waals surface area contributed by atoms with E-state index in [4.69, 9.17) is 23.6 Å². The number of phosphoric acid groups is 2. The maximum Gasteiger partial charge on any atom is 0.584 e. The number of benzene rings is 6. The summed E-state index contributed by atoms with van der Waals surface area (Å²) in [5.74, 6) is 1.15. The van der Waals surface area contributed by atoms with Crippen LogP contribution in [-0.4, -0.2) is 9.79 Å². The minimum Gasteiger partial charge on any atom is -0.395 e.